The molecule has 2 aromatic heterocycles. The van der Waals surface area contributed by atoms with Gasteiger partial charge in [0.15, 0.2) is 0 Å². The van der Waals surface area contributed by atoms with Gasteiger partial charge >= 0.3 is 0 Å². The number of pyridine rings is 1. The summed E-state index contributed by atoms with van der Waals surface area (Å²) in [6.45, 7) is 0. The van der Waals surface area contributed by atoms with Gasteiger partial charge in [-0.05, 0) is 29.1 Å². The van der Waals surface area contributed by atoms with Crippen LogP contribution in [0.1, 0.15) is 0 Å². The Morgan fingerprint density at radius 3 is 2.29 bits per heavy atom. The second-order valence-electron chi connectivity index (χ2n) is 4.94. The molecule has 4 aromatic rings. The van der Waals surface area contributed by atoms with Crippen LogP contribution in [-0.4, -0.2) is 4.98 Å². The maximum Gasteiger partial charge on any atom is 0.0709 e. The summed E-state index contributed by atoms with van der Waals surface area (Å²) in [6.07, 6.45) is 0. The topological polar surface area (TPSA) is 12.9 Å². The van der Waals surface area contributed by atoms with Crippen LogP contribution >= 0.6 is 11.3 Å². The van der Waals surface area contributed by atoms with E-state index in [0.29, 0.717) is 0 Å². The highest BCUT2D eigenvalue weighted by molar-refractivity contribution is 7.13. The van der Waals surface area contributed by atoms with Crippen LogP contribution in [0.5, 0.6) is 0 Å². The third-order valence-electron chi connectivity index (χ3n) is 3.58. The van der Waals surface area contributed by atoms with Crippen LogP contribution in [0.25, 0.3) is 32.6 Å². The molecule has 0 N–H and O–H groups in total. The molecule has 2 heteroatoms. The molecule has 0 radical (unpaired) electrons. The molecule has 0 aliphatic heterocycles. The van der Waals surface area contributed by atoms with Gasteiger partial charge in [0.05, 0.1) is 11.2 Å². The Morgan fingerprint density at radius 2 is 1.48 bits per heavy atom. The van der Waals surface area contributed by atoms with Crippen LogP contribution in [0.4, 0.5) is 0 Å². The van der Waals surface area contributed by atoms with Crippen LogP contribution in [0.2, 0.25) is 0 Å². The monoisotopic (exact) mass is 287 g/mol. The lowest BCUT2D eigenvalue weighted by molar-refractivity contribution is 1.40. The molecule has 2 heterocycles. The Morgan fingerprint density at radius 1 is 0.667 bits per heavy atom. The largest absolute Gasteiger partial charge is 0.248 e. The fourth-order valence-corrected chi connectivity index (χ4v) is 3.21. The predicted octanol–water partition coefficient (Wildman–Crippen LogP) is 5.63. The van der Waals surface area contributed by atoms with Gasteiger partial charge in [0, 0.05) is 15.8 Å². The van der Waals surface area contributed by atoms with Crippen LogP contribution in [0, 0.1) is 0 Å². The van der Waals surface area contributed by atoms with Crippen molar-refractivity contribution in [3.63, 3.8) is 0 Å². The van der Waals surface area contributed by atoms with E-state index < -0.39 is 0 Å². The van der Waals surface area contributed by atoms with Gasteiger partial charge in [-0.2, -0.15) is 0 Å². The summed E-state index contributed by atoms with van der Waals surface area (Å²) in [6, 6.07) is 25.3. The average molecular weight is 287 g/mol. The number of hydrogen-bond donors (Lipinski definition) is 0. The van der Waals surface area contributed by atoms with Crippen LogP contribution < -0.4 is 0 Å². The molecule has 0 fully saturated rings. The molecule has 0 aliphatic carbocycles. The summed E-state index contributed by atoms with van der Waals surface area (Å²) in [4.78, 5) is 6.04. The van der Waals surface area contributed by atoms with E-state index in [1.54, 1.807) is 11.3 Å². The number of para-hydroxylation sites is 1. The van der Waals surface area contributed by atoms with Crippen LogP contribution in [-0.2, 0) is 0 Å². The molecule has 0 amide bonds. The van der Waals surface area contributed by atoms with E-state index in [4.69, 9.17) is 4.98 Å². The summed E-state index contributed by atoms with van der Waals surface area (Å²) >= 11 is 1.76. The molecule has 4 rings (SSSR count). The molecule has 1 nitrogen and oxygen atoms in total. The maximum atomic E-state index is 4.74. The zero-order valence-electron chi connectivity index (χ0n) is 11.4. The first-order chi connectivity index (χ1) is 10.4. The number of benzene rings is 2. The smallest absolute Gasteiger partial charge is 0.0709 e. The molecule has 100 valence electrons. The number of rotatable bonds is 2. The van der Waals surface area contributed by atoms with E-state index in [-0.39, 0.29) is 0 Å². The molecular weight excluding hydrogens is 274 g/mol. The Balaban J connectivity index is 1.74. The first-order valence-corrected chi connectivity index (χ1v) is 7.78. The van der Waals surface area contributed by atoms with Crippen molar-refractivity contribution < 1.29 is 0 Å². The lowest BCUT2D eigenvalue weighted by Crippen LogP contribution is -1.85. The van der Waals surface area contributed by atoms with E-state index in [9.17, 15) is 0 Å². The molecule has 2 aromatic carbocycles. The predicted molar refractivity (Wildman–Crippen MR) is 90.5 cm³/mol. The zero-order chi connectivity index (χ0) is 14.1. The van der Waals surface area contributed by atoms with E-state index in [0.717, 1.165) is 16.8 Å². The third kappa shape index (κ3) is 2.34. The van der Waals surface area contributed by atoms with Crippen molar-refractivity contribution >= 4 is 22.2 Å². The van der Waals surface area contributed by atoms with Crippen molar-refractivity contribution in [1.29, 1.82) is 0 Å². The van der Waals surface area contributed by atoms with E-state index >= 15 is 0 Å². The summed E-state index contributed by atoms with van der Waals surface area (Å²) in [5.74, 6) is 0. The quantitative estimate of drug-likeness (QED) is 0.465. The van der Waals surface area contributed by atoms with Crippen LogP contribution in [0.15, 0.2) is 78.2 Å². The van der Waals surface area contributed by atoms with Gasteiger partial charge in [-0.1, -0.05) is 54.6 Å². The highest BCUT2D eigenvalue weighted by atomic mass is 32.1. The van der Waals surface area contributed by atoms with Crippen LogP contribution in [0.3, 0.4) is 0 Å². The number of fused-ring (bicyclic) bond motifs is 1. The minimum Gasteiger partial charge on any atom is -0.248 e. The average Bonchev–Trinajstić information content (AvgIpc) is 3.09. The number of nitrogens with zero attached hydrogens (tertiary/aromatic N) is 1. The second-order valence-corrected chi connectivity index (χ2v) is 5.89. The van der Waals surface area contributed by atoms with Crippen molar-refractivity contribution in [2.24, 2.45) is 0 Å². The van der Waals surface area contributed by atoms with Crippen molar-refractivity contribution in [1.82, 2.24) is 4.98 Å². The fraction of sp³-hybridized carbons (Fsp3) is 0. The van der Waals surface area contributed by atoms with E-state index in [1.165, 1.54) is 15.8 Å². The SMILES string of the molecule is c1csc(-c2ccc(-c3ccc4ccccc4n3)cc2)c1. The summed E-state index contributed by atoms with van der Waals surface area (Å²) in [5.41, 5.74) is 4.47. The van der Waals surface area contributed by atoms with Crippen molar-refractivity contribution in [2.45, 2.75) is 0 Å². The van der Waals surface area contributed by atoms with Crippen molar-refractivity contribution in [3.8, 4) is 21.7 Å². The summed E-state index contributed by atoms with van der Waals surface area (Å²) in [5, 5.41) is 3.28. The standard InChI is InChI=1S/C19H13NS/c1-2-5-17-14(4-1)11-12-18(20-17)15-7-9-16(10-8-15)19-6-3-13-21-19/h1-13H. The van der Waals surface area contributed by atoms with Gasteiger partial charge in [0.1, 0.15) is 0 Å². The Bertz CT molecular complexity index is 877. The second kappa shape index (κ2) is 5.15. The number of thiophene rings is 1. The van der Waals surface area contributed by atoms with Gasteiger partial charge < -0.3 is 0 Å². The van der Waals surface area contributed by atoms with Gasteiger partial charge in [0.2, 0.25) is 0 Å². The molecular formula is C19H13NS. The Labute approximate surface area is 127 Å². The lowest BCUT2D eigenvalue weighted by Gasteiger charge is -2.04. The molecule has 0 bridgehead atoms. The molecule has 0 spiro atoms. The Kier molecular flexibility index (Phi) is 3.02. The van der Waals surface area contributed by atoms with E-state index in [2.05, 4.69) is 66.0 Å². The van der Waals surface area contributed by atoms with Crippen molar-refractivity contribution in [2.75, 3.05) is 0 Å². The first kappa shape index (κ1) is 12.3. The third-order valence-corrected chi connectivity index (χ3v) is 4.50. The van der Waals surface area contributed by atoms with E-state index in [1.807, 2.05) is 12.1 Å². The first-order valence-electron chi connectivity index (χ1n) is 6.90. The fourth-order valence-electron chi connectivity index (χ4n) is 2.47. The molecule has 0 aliphatic rings. The Hall–Kier alpha value is -2.45. The number of aromatic nitrogens is 1. The highest BCUT2D eigenvalue weighted by Crippen LogP contribution is 2.27. The molecule has 0 saturated carbocycles. The number of hydrogen-bond acceptors (Lipinski definition) is 2. The van der Waals surface area contributed by atoms with Gasteiger partial charge in [0.25, 0.3) is 0 Å². The minimum absolute atomic E-state index is 1.02. The van der Waals surface area contributed by atoms with Gasteiger partial charge in [-0.15, -0.1) is 11.3 Å². The molecule has 0 unspecified atom stereocenters. The highest BCUT2D eigenvalue weighted by Gasteiger charge is 2.03. The zero-order valence-corrected chi connectivity index (χ0v) is 12.2. The van der Waals surface area contributed by atoms with Gasteiger partial charge in [-0.3, -0.25) is 0 Å². The minimum atomic E-state index is 1.02. The van der Waals surface area contributed by atoms with Gasteiger partial charge in [-0.25, -0.2) is 4.98 Å². The summed E-state index contributed by atoms with van der Waals surface area (Å²) < 4.78 is 0. The lowest BCUT2D eigenvalue weighted by atomic mass is 10.1. The molecule has 0 atom stereocenters. The van der Waals surface area contributed by atoms with Crippen molar-refractivity contribution in [3.05, 3.63) is 78.2 Å². The summed E-state index contributed by atoms with van der Waals surface area (Å²) in [7, 11) is 0. The maximum absolute atomic E-state index is 4.74. The molecule has 21 heavy (non-hydrogen) atoms. The molecule has 0 saturated heterocycles. The normalized spacial score (nSPS) is 10.9.